The first-order valence-electron chi connectivity index (χ1n) is 5.34. The summed E-state index contributed by atoms with van der Waals surface area (Å²) in [6.45, 7) is 5.61. The van der Waals surface area contributed by atoms with Gasteiger partial charge in [-0.15, -0.1) is 0 Å². The molecule has 2 aliphatic rings. The van der Waals surface area contributed by atoms with Gasteiger partial charge in [-0.1, -0.05) is 0 Å². The molecule has 0 spiro atoms. The van der Waals surface area contributed by atoms with E-state index in [1.807, 2.05) is 0 Å². The lowest BCUT2D eigenvalue weighted by atomic mass is 10.2. The average Bonchev–Trinajstić information content (AvgIpc) is 2.54. The Morgan fingerprint density at radius 3 is 2.62 bits per heavy atom. The van der Waals surface area contributed by atoms with E-state index in [9.17, 15) is 0 Å². The topological polar surface area (TPSA) is 21.3 Å². The van der Waals surface area contributed by atoms with Crippen LogP contribution in [0.3, 0.4) is 0 Å². The summed E-state index contributed by atoms with van der Waals surface area (Å²) in [6.07, 6.45) is 4.43. The minimum absolute atomic E-state index is 0.486. The highest BCUT2D eigenvalue weighted by molar-refractivity contribution is 8.00. The normalized spacial score (nSPS) is 36.7. The van der Waals surface area contributed by atoms with Crippen LogP contribution in [-0.2, 0) is 4.74 Å². The van der Waals surface area contributed by atoms with Crippen LogP contribution in [0.15, 0.2) is 0 Å². The fourth-order valence-electron chi connectivity index (χ4n) is 2.07. The molecule has 0 aromatic heterocycles. The number of rotatable bonds is 2. The van der Waals surface area contributed by atoms with Gasteiger partial charge in [0, 0.05) is 17.1 Å². The van der Waals surface area contributed by atoms with Crippen LogP contribution in [-0.4, -0.2) is 36.3 Å². The molecular formula is C10H19NOS. The van der Waals surface area contributed by atoms with Gasteiger partial charge in [0.05, 0.1) is 6.10 Å². The molecule has 2 nitrogen and oxygen atoms in total. The number of thioether (sulfide) groups is 1. The van der Waals surface area contributed by atoms with E-state index in [0.717, 1.165) is 17.1 Å². The highest BCUT2D eigenvalue weighted by Gasteiger charge is 2.28. The fourth-order valence-corrected chi connectivity index (χ4v) is 3.60. The number of ether oxygens (including phenoxy) is 1. The molecule has 0 amide bonds. The van der Waals surface area contributed by atoms with Crippen molar-refractivity contribution in [2.45, 2.75) is 42.8 Å². The van der Waals surface area contributed by atoms with Crippen LogP contribution in [0.1, 0.15) is 26.2 Å². The Bertz CT molecular complexity index is 159. The van der Waals surface area contributed by atoms with Gasteiger partial charge in [0.1, 0.15) is 0 Å². The lowest BCUT2D eigenvalue weighted by molar-refractivity contribution is 0.127. The van der Waals surface area contributed by atoms with Crippen molar-refractivity contribution in [1.29, 1.82) is 0 Å². The molecule has 3 heteroatoms. The van der Waals surface area contributed by atoms with E-state index in [1.54, 1.807) is 0 Å². The largest absolute Gasteiger partial charge is 0.377 e. The van der Waals surface area contributed by atoms with Crippen LogP contribution in [0.2, 0.25) is 0 Å². The monoisotopic (exact) mass is 201 g/mol. The SMILES string of the molecule is CC1OCCC1SC1CCNCC1. The molecule has 0 aliphatic carbocycles. The quantitative estimate of drug-likeness (QED) is 0.734. The molecular weight excluding hydrogens is 182 g/mol. The van der Waals surface area contributed by atoms with Crippen LogP contribution in [0.25, 0.3) is 0 Å². The third-order valence-corrected chi connectivity index (χ3v) is 4.78. The summed E-state index contributed by atoms with van der Waals surface area (Å²) >= 11 is 2.17. The van der Waals surface area contributed by atoms with Crippen molar-refractivity contribution < 1.29 is 4.74 Å². The summed E-state index contributed by atoms with van der Waals surface area (Å²) in [7, 11) is 0. The molecule has 2 aliphatic heterocycles. The van der Waals surface area contributed by atoms with Gasteiger partial charge < -0.3 is 10.1 Å². The van der Waals surface area contributed by atoms with Crippen molar-refractivity contribution in [1.82, 2.24) is 5.32 Å². The predicted molar refractivity (Wildman–Crippen MR) is 57.3 cm³/mol. The lowest BCUT2D eigenvalue weighted by Crippen LogP contribution is -2.31. The van der Waals surface area contributed by atoms with E-state index in [1.165, 1.54) is 32.4 Å². The molecule has 0 saturated carbocycles. The molecule has 2 atom stereocenters. The van der Waals surface area contributed by atoms with Gasteiger partial charge in [0.15, 0.2) is 0 Å². The number of hydrogen-bond donors (Lipinski definition) is 1. The van der Waals surface area contributed by atoms with Crippen LogP contribution >= 0.6 is 11.8 Å². The second-order valence-corrected chi connectivity index (χ2v) is 5.53. The first-order valence-corrected chi connectivity index (χ1v) is 6.28. The van der Waals surface area contributed by atoms with Crippen LogP contribution in [0.5, 0.6) is 0 Å². The van der Waals surface area contributed by atoms with Gasteiger partial charge in [-0.25, -0.2) is 0 Å². The Balaban J connectivity index is 1.75. The van der Waals surface area contributed by atoms with Gasteiger partial charge in [-0.2, -0.15) is 11.8 Å². The fraction of sp³-hybridized carbons (Fsp3) is 1.00. The number of piperidine rings is 1. The zero-order valence-corrected chi connectivity index (χ0v) is 9.11. The van der Waals surface area contributed by atoms with Gasteiger partial charge >= 0.3 is 0 Å². The maximum absolute atomic E-state index is 5.57. The molecule has 13 heavy (non-hydrogen) atoms. The first-order chi connectivity index (χ1) is 6.36. The van der Waals surface area contributed by atoms with Crippen molar-refractivity contribution in [3.63, 3.8) is 0 Å². The zero-order chi connectivity index (χ0) is 9.10. The Kier molecular flexibility index (Phi) is 3.52. The summed E-state index contributed by atoms with van der Waals surface area (Å²) in [5, 5.41) is 5.06. The van der Waals surface area contributed by atoms with Crippen LogP contribution < -0.4 is 5.32 Å². The van der Waals surface area contributed by atoms with Crippen molar-refractivity contribution in [3.8, 4) is 0 Å². The highest BCUT2D eigenvalue weighted by Crippen LogP contribution is 2.32. The molecule has 0 bridgehead atoms. The van der Waals surface area contributed by atoms with Gasteiger partial charge in [0.25, 0.3) is 0 Å². The van der Waals surface area contributed by atoms with Crippen LogP contribution in [0.4, 0.5) is 0 Å². The number of nitrogens with one attached hydrogen (secondary N) is 1. The summed E-state index contributed by atoms with van der Waals surface area (Å²) in [6, 6.07) is 0. The predicted octanol–water partition coefficient (Wildman–Crippen LogP) is 1.65. The van der Waals surface area contributed by atoms with E-state index in [4.69, 9.17) is 4.74 Å². The second kappa shape index (κ2) is 4.67. The lowest BCUT2D eigenvalue weighted by Gasteiger charge is -2.25. The molecule has 2 unspecified atom stereocenters. The Morgan fingerprint density at radius 2 is 2.00 bits per heavy atom. The summed E-state index contributed by atoms with van der Waals surface area (Å²) in [5.41, 5.74) is 0. The van der Waals surface area contributed by atoms with Crippen LogP contribution in [0, 0.1) is 0 Å². The molecule has 2 saturated heterocycles. The Morgan fingerprint density at radius 1 is 1.23 bits per heavy atom. The maximum Gasteiger partial charge on any atom is 0.0666 e. The van der Waals surface area contributed by atoms with Crippen molar-refractivity contribution in [3.05, 3.63) is 0 Å². The van der Waals surface area contributed by atoms with E-state index in [-0.39, 0.29) is 0 Å². The van der Waals surface area contributed by atoms with E-state index < -0.39 is 0 Å². The number of hydrogen-bond acceptors (Lipinski definition) is 3. The van der Waals surface area contributed by atoms with E-state index in [0.29, 0.717) is 6.10 Å². The van der Waals surface area contributed by atoms with Crippen molar-refractivity contribution >= 4 is 11.8 Å². The average molecular weight is 201 g/mol. The smallest absolute Gasteiger partial charge is 0.0666 e. The van der Waals surface area contributed by atoms with Gasteiger partial charge in [-0.05, 0) is 39.3 Å². The molecule has 0 aromatic carbocycles. The zero-order valence-electron chi connectivity index (χ0n) is 8.29. The minimum atomic E-state index is 0.486. The van der Waals surface area contributed by atoms with E-state index >= 15 is 0 Å². The molecule has 2 heterocycles. The van der Waals surface area contributed by atoms with Gasteiger partial charge in [0.2, 0.25) is 0 Å². The standard InChI is InChI=1S/C10H19NOS/c1-8-10(4-7-12-8)13-9-2-5-11-6-3-9/h8-11H,2-7H2,1H3. The Hall–Kier alpha value is 0.270. The third-order valence-electron chi connectivity index (χ3n) is 2.96. The molecule has 2 fully saturated rings. The molecule has 1 N–H and O–H groups in total. The van der Waals surface area contributed by atoms with Crippen molar-refractivity contribution in [2.24, 2.45) is 0 Å². The molecule has 76 valence electrons. The summed E-state index contributed by atoms with van der Waals surface area (Å²) < 4.78 is 5.57. The van der Waals surface area contributed by atoms with Crippen molar-refractivity contribution in [2.75, 3.05) is 19.7 Å². The summed E-state index contributed by atoms with van der Waals surface area (Å²) in [4.78, 5) is 0. The highest BCUT2D eigenvalue weighted by atomic mass is 32.2. The van der Waals surface area contributed by atoms with E-state index in [2.05, 4.69) is 24.0 Å². The minimum Gasteiger partial charge on any atom is -0.377 e. The maximum atomic E-state index is 5.57. The Labute approximate surface area is 84.8 Å². The molecule has 2 rings (SSSR count). The third kappa shape index (κ3) is 2.61. The summed E-state index contributed by atoms with van der Waals surface area (Å²) in [5.74, 6) is 0. The first kappa shape index (κ1) is 9.81. The second-order valence-electron chi connectivity index (χ2n) is 3.99. The van der Waals surface area contributed by atoms with Gasteiger partial charge in [-0.3, -0.25) is 0 Å². The molecule has 0 radical (unpaired) electrons. The molecule has 0 aromatic rings.